The Balaban J connectivity index is 0.00000225. The van der Waals surface area contributed by atoms with Gasteiger partial charge in [-0.05, 0) is 24.6 Å². The number of nitrogens with two attached hydrogens (primary N) is 1. The van der Waals surface area contributed by atoms with Gasteiger partial charge in [-0.15, -0.1) is 0 Å². The van der Waals surface area contributed by atoms with Crippen LogP contribution >= 0.6 is 24.8 Å². The van der Waals surface area contributed by atoms with Crippen molar-refractivity contribution in [3.05, 3.63) is 35.7 Å². The van der Waals surface area contributed by atoms with Crippen molar-refractivity contribution in [2.24, 2.45) is 0 Å². The quantitative estimate of drug-likeness (QED) is 0.589. The number of nitrogen functional groups attached to an aromatic ring is 1. The number of likely N-dealkylation sites (N-methyl/N-ethyl adjacent to an activating group) is 1. The Hall–Kier alpha value is -2.67. The Kier molecular flexibility index (Phi) is 5.30. The molecule has 3 aromatic rings. The Bertz CT molecular complexity index is 1130. The Labute approximate surface area is 173 Å². The molecule has 9 heteroatoms. The zero-order valence-electron chi connectivity index (χ0n) is 15.4. The normalized spacial score (nSPS) is 18.7. The predicted octanol–water partition coefficient (Wildman–Crippen LogP) is 1.70. The molecular weight excluding hydrogens is 394 g/mol. The lowest BCUT2D eigenvalue weighted by molar-refractivity contribution is -0.137. The first-order valence-corrected chi connectivity index (χ1v) is 9.18. The summed E-state index contributed by atoms with van der Waals surface area (Å²) in [5.41, 5.74) is 7.49. The summed E-state index contributed by atoms with van der Waals surface area (Å²) < 4.78 is 0. The highest BCUT2D eigenvalue weighted by Crippen LogP contribution is 2.33. The second-order valence-corrected chi connectivity index (χ2v) is 7.53. The Morgan fingerprint density at radius 1 is 1.36 bits per heavy atom. The molecule has 2 aromatic heterocycles. The lowest BCUT2D eigenvalue weighted by Crippen LogP contribution is -2.37. The topological polar surface area (TPSA) is 105 Å². The number of likely N-dealkylation sites (tertiary alicyclic amines) is 1. The van der Waals surface area contributed by atoms with Crippen molar-refractivity contribution in [2.75, 3.05) is 19.3 Å². The van der Waals surface area contributed by atoms with Crippen molar-refractivity contribution < 1.29 is 9.90 Å². The van der Waals surface area contributed by atoms with E-state index in [0.717, 1.165) is 21.0 Å². The van der Waals surface area contributed by atoms with Crippen LogP contribution in [0, 0.1) is 18.8 Å². The largest absolute Gasteiger partial charge is 0.382 e. The number of hydrogen-bond acceptors (Lipinski definition) is 7. The monoisotopic (exact) mass is 413 g/mol. The highest BCUT2D eigenvalue weighted by Gasteiger charge is 2.42. The molecule has 1 amide bonds. The number of carbonyl (C=O) groups is 1. The van der Waals surface area contributed by atoms with Crippen LogP contribution < -0.4 is 5.73 Å². The van der Waals surface area contributed by atoms with Gasteiger partial charge < -0.3 is 15.7 Å². The van der Waals surface area contributed by atoms with Crippen molar-refractivity contribution in [2.45, 2.75) is 18.9 Å². The fourth-order valence-electron chi connectivity index (χ4n) is 2.96. The third-order valence-electron chi connectivity index (χ3n) is 4.61. The molecule has 7 nitrogen and oxygen atoms in total. The van der Waals surface area contributed by atoms with Gasteiger partial charge in [-0.25, -0.2) is 15.0 Å². The second-order valence-electron chi connectivity index (χ2n) is 6.55. The van der Waals surface area contributed by atoms with Gasteiger partial charge >= 0.3 is 0 Å². The molecule has 28 heavy (non-hydrogen) atoms. The average Bonchev–Trinajstić information content (AvgIpc) is 3.20. The van der Waals surface area contributed by atoms with E-state index < -0.39 is 5.60 Å². The third-order valence-corrected chi connectivity index (χ3v) is 5.61. The van der Waals surface area contributed by atoms with Crippen LogP contribution in [0.15, 0.2) is 24.5 Å². The van der Waals surface area contributed by atoms with Crippen molar-refractivity contribution in [1.29, 1.82) is 0 Å². The Morgan fingerprint density at radius 3 is 2.82 bits per heavy atom. The zero-order chi connectivity index (χ0) is 19.2. The lowest BCUT2D eigenvalue weighted by Gasteiger charge is -2.13. The van der Waals surface area contributed by atoms with Gasteiger partial charge in [0.1, 0.15) is 21.7 Å². The molecule has 0 radical (unpaired) electrons. The van der Waals surface area contributed by atoms with E-state index in [2.05, 4.69) is 26.8 Å². The number of nitrogens with zero attached hydrogens (tertiary/aromatic N) is 4. The van der Waals surface area contributed by atoms with Crippen LogP contribution in [0.3, 0.4) is 0 Å². The third kappa shape index (κ3) is 3.42. The molecule has 1 saturated heterocycles. The van der Waals surface area contributed by atoms with Crippen molar-refractivity contribution in [3.63, 3.8) is 0 Å². The number of carbonyl (C=O) groups excluding carboxylic acids is 1. The molecule has 1 aromatic carbocycles. The molecule has 3 heterocycles. The van der Waals surface area contributed by atoms with E-state index >= 15 is 0 Å². The first-order valence-electron chi connectivity index (χ1n) is 8.36. The number of benzene rings is 1. The predicted molar refractivity (Wildman–Crippen MR) is 114 cm³/mol. The first kappa shape index (κ1) is 20.1. The first-order chi connectivity index (χ1) is 12.9. The second kappa shape index (κ2) is 7.39. The maximum Gasteiger partial charge on any atom is 0.267 e. The van der Waals surface area contributed by atoms with Crippen LogP contribution in [0.4, 0.5) is 5.82 Å². The van der Waals surface area contributed by atoms with Crippen LogP contribution in [0.5, 0.6) is 0 Å². The summed E-state index contributed by atoms with van der Waals surface area (Å²) in [5.74, 6) is 5.67. The standard InChI is InChI=1S/C19H17N5O2S.H2S/c1-11-3-4-12(5-6-19(26)7-8-24(2)18(19)25)9-13(11)16-23-14-15(20)21-10-22-17(14)27-16;/h3-4,9-10,26H,7-8H2,1-2H3,(H2,20,21,22);1H2/t19-;/m0./s1. The van der Waals surface area contributed by atoms with Crippen LogP contribution in [0.1, 0.15) is 17.5 Å². The molecule has 144 valence electrons. The van der Waals surface area contributed by atoms with E-state index in [0.29, 0.717) is 29.9 Å². The molecule has 0 saturated carbocycles. The number of hydrogen-bond donors (Lipinski definition) is 2. The number of fused-ring (bicyclic) bond motifs is 1. The van der Waals surface area contributed by atoms with Gasteiger partial charge in [0, 0.05) is 31.1 Å². The summed E-state index contributed by atoms with van der Waals surface area (Å²) in [6.07, 6.45) is 1.73. The number of aromatic nitrogens is 3. The molecule has 3 N–H and O–H groups in total. The summed E-state index contributed by atoms with van der Waals surface area (Å²) in [6.45, 7) is 2.48. The van der Waals surface area contributed by atoms with Crippen LogP contribution in [0.25, 0.3) is 20.9 Å². The Morgan fingerprint density at radius 2 is 2.14 bits per heavy atom. The fraction of sp³-hybridized carbons (Fsp3) is 0.263. The van der Waals surface area contributed by atoms with Gasteiger partial charge in [-0.1, -0.05) is 29.2 Å². The minimum atomic E-state index is -1.61. The van der Waals surface area contributed by atoms with Crippen molar-refractivity contribution in [1.82, 2.24) is 19.9 Å². The minimum Gasteiger partial charge on any atom is -0.382 e. The number of rotatable bonds is 1. The van der Waals surface area contributed by atoms with Gasteiger partial charge in [0.2, 0.25) is 5.60 Å². The molecule has 1 aliphatic heterocycles. The van der Waals surface area contributed by atoms with E-state index in [9.17, 15) is 9.90 Å². The SMILES string of the molecule is Cc1ccc(C#C[C@]2(O)CCN(C)C2=O)cc1-c1nc2c(N)ncnc2s1.S. The van der Waals surface area contributed by atoms with Crippen LogP contribution in [-0.4, -0.2) is 50.1 Å². The summed E-state index contributed by atoms with van der Waals surface area (Å²) in [4.78, 5) is 27.0. The molecular formula is C19H19N5O2S2. The van der Waals surface area contributed by atoms with Gasteiger partial charge in [-0.2, -0.15) is 13.5 Å². The van der Waals surface area contributed by atoms with E-state index in [1.54, 1.807) is 7.05 Å². The number of aliphatic hydroxyl groups is 1. The molecule has 1 atom stereocenters. The summed E-state index contributed by atoms with van der Waals surface area (Å²) in [7, 11) is 1.66. The molecule has 0 spiro atoms. The number of thiazole rings is 1. The highest BCUT2D eigenvalue weighted by molar-refractivity contribution is 7.59. The summed E-state index contributed by atoms with van der Waals surface area (Å²) in [6, 6.07) is 5.70. The van der Waals surface area contributed by atoms with Gasteiger partial charge in [0.15, 0.2) is 5.82 Å². The van der Waals surface area contributed by atoms with Crippen molar-refractivity contribution >= 4 is 46.9 Å². The fourth-order valence-corrected chi connectivity index (χ4v) is 3.96. The molecule has 0 unspecified atom stereocenters. The zero-order valence-corrected chi connectivity index (χ0v) is 17.2. The number of anilines is 1. The molecule has 0 bridgehead atoms. The van der Waals surface area contributed by atoms with Crippen LogP contribution in [0.2, 0.25) is 0 Å². The van der Waals surface area contributed by atoms with Crippen molar-refractivity contribution in [3.8, 4) is 22.4 Å². The van der Waals surface area contributed by atoms with E-state index in [1.165, 1.54) is 22.6 Å². The van der Waals surface area contributed by atoms with Gasteiger partial charge in [0.25, 0.3) is 5.91 Å². The van der Waals surface area contributed by atoms with Crippen LogP contribution in [-0.2, 0) is 4.79 Å². The maximum absolute atomic E-state index is 12.1. The van der Waals surface area contributed by atoms with Gasteiger partial charge in [0.05, 0.1) is 0 Å². The molecule has 0 aliphatic carbocycles. The molecule has 4 rings (SSSR count). The maximum atomic E-state index is 12.1. The molecule has 1 aliphatic rings. The van der Waals surface area contributed by atoms with E-state index in [1.807, 2.05) is 25.1 Å². The average molecular weight is 414 g/mol. The number of aryl methyl sites for hydroxylation is 1. The molecule has 1 fully saturated rings. The minimum absolute atomic E-state index is 0. The van der Waals surface area contributed by atoms with Gasteiger partial charge in [-0.3, -0.25) is 4.79 Å². The summed E-state index contributed by atoms with van der Waals surface area (Å²) >= 11 is 1.43. The highest BCUT2D eigenvalue weighted by atomic mass is 32.1. The van der Waals surface area contributed by atoms with E-state index in [4.69, 9.17) is 5.73 Å². The lowest BCUT2D eigenvalue weighted by atomic mass is 10.0. The van der Waals surface area contributed by atoms with E-state index in [-0.39, 0.29) is 19.4 Å². The smallest absolute Gasteiger partial charge is 0.267 e. The summed E-state index contributed by atoms with van der Waals surface area (Å²) in [5, 5.41) is 11.2. The number of amides is 1.